The molecule has 3 heterocycles. The lowest BCUT2D eigenvalue weighted by atomic mass is 10.2. The first-order chi connectivity index (χ1) is 14.3. The van der Waals surface area contributed by atoms with Crippen molar-refractivity contribution >= 4 is 40.2 Å². The van der Waals surface area contributed by atoms with E-state index >= 15 is 0 Å². The van der Waals surface area contributed by atoms with Gasteiger partial charge in [-0.05, 0) is 0 Å². The van der Waals surface area contributed by atoms with Crippen molar-refractivity contribution in [3.05, 3.63) is 12.7 Å². The van der Waals surface area contributed by atoms with Crippen LogP contribution in [0.2, 0.25) is 0 Å². The van der Waals surface area contributed by atoms with Crippen molar-refractivity contribution < 1.29 is 56.5 Å². The number of fused-ring (bicyclic) bond motifs is 1. The Morgan fingerprint density at radius 1 is 1.16 bits per heavy atom. The maximum Gasteiger partial charge on any atom is 0.488 e. The number of hydrogen-bond donors (Lipinski definition) is 6. The van der Waals surface area contributed by atoms with Gasteiger partial charge < -0.3 is 39.9 Å². The Kier molecular flexibility index (Phi) is 6.99. The number of aliphatic hydroxyl groups excluding tert-OH is 1. The van der Waals surface area contributed by atoms with Crippen molar-refractivity contribution in [2.24, 2.45) is 0 Å². The highest BCUT2D eigenvalue weighted by atomic mass is 31.3. The Morgan fingerprint density at radius 3 is 2.55 bits per heavy atom. The molecule has 0 saturated carbocycles. The van der Waals surface area contributed by atoms with E-state index in [4.69, 9.17) is 29.9 Å². The molecule has 0 bridgehead atoms. The van der Waals surface area contributed by atoms with Crippen LogP contribution in [-0.4, -0.2) is 69.4 Å². The lowest BCUT2D eigenvalue weighted by Crippen LogP contribution is -2.26. The summed E-state index contributed by atoms with van der Waals surface area (Å²) < 4.78 is 53.1. The second-order valence-electron chi connectivity index (χ2n) is 6.27. The third-order valence-corrected chi connectivity index (χ3v) is 7.91. The minimum absolute atomic E-state index is 0.0959. The van der Waals surface area contributed by atoms with E-state index in [2.05, 4.69) is 23.6 Å². The molecule has 1 aliphatic rings. The van der Waals surface area contributed by atoms with Gasteiger partial charge in [0.15, 0.2) is 11.5 Å². The Bertz CT molecular complexity index is 1090. The van der Waals surface area contributed by atoms with E-state index in [0.717, 1.165) is 0 Å². The number of aromatic nitrogens is 4. The summed E-state index contributed by atoms with van der Waals surface area (Å²) in [5, 5.41) is 10.2. The van der Waals surface area contributed by atoms with Crippen molar-refractivity contribution in [1.29, 1.82) is 0 Å². The van der Waals surface area contributed by atoms with Crippen LogP contribution in [0.4, 0.5) is 5.82 Å². The minimum atomic E-state index is -5.55. The summed E-state index contributed by atoms with van der Waals surface area (Å²) in [6, 6.07) is 0. The molecule has 2 aromatic rings. The Balaban J connectivity index is 1.56. The fraction of sp³-hybridized carbons (Fsp3) is 0.545. The molecule has 0 spiro atoms. The van der Waals surface area contributed by atoms with Gasteiger partial charge in [0.2, 0.25) is 0 Å². The Hall–Kier alpha value is -1.32. The second-order valence-corrected chi connectivity index (χ2v) is 11.0. The average Bonchev–Trinajstić information content (AvgIpc) is 3.16. The largest absolute Gasteiger partial charge is 0.488 e. The number of nitrogens with two attached hydrogens (primary N) is 1. The number of nitrogens with zero attached hydrogens (tertiary/aromatic N) is 4. The summed E-state index contributed by atoms with van der Waals surface area (Å²) >= 11 is 0. The Labute approximate surface area is 173 Å². The first kappa shape index (κ1) is 24.3. The predicted octanol–water partition coefficient (Wildman–Crippen LogP) is -0.557. The van der Waals surface area contributed by atoms with Crippen LogP contribution in [0.15, 0.2) is 12.7 Å². The maximum absolute atomic E-state index is 11.8. The molecular weight excluding hydrogens is 487 g/mol. The van der Waals surface area contributed by atoms with Crippen LogP contribution in [0.1, 0.15) is 12.6 Å². The van der Waals surface area contributed by atoms with Gasteiger partial charge >= 0.3 is 23.2 Å². The molecule has 0 radical (unpaired) electrons. The SMILES string of the molecule is Nc1ncnc2c1ncn2[C@H]1C[C@H](O)[C@@H](COCP(=O)(O)OP(=O)(O)OP(=O)(O)O)O1. The highest BCUT2D eigenvalue weighted by Crippen LogP contribution is 2.65. The normalized spacial score (nSPS) is 26.0. The van der Waals surface area contributed by atoms with Gasteiger partial charge in [0, 0.05) is 6.42 Å². The van der Waals surface area contributed by atoms with Crippen molar-refractivity contribution in [2.45, 2.75) is 24.9 Å². The van der Waals surface area contributed by atoms with Crippen molar-refractivity contribution in [1.82, 2.24) is 19.5 Å². The van der Waals surface area contributed by atoms with Crippen LogP contribution in [0, 0.1) is 0 Å². The number of anilines is 1. The summed E-state index contributed by atoms with van der Waals surface area (Å²) in [5.41, 5.74) is 6.42. The lowest BCUT2D eigenvalue weighted by Gasteiger charge is -2.18. The number of nitrogen functional groups attached to an aromatic ring is 1. The van der Waals surface area contributed by atoms with Crippen LogP contribution < -0.4 is 5.73 Å². The molecule has 31 heavy (non-hydrogen) atoms. The van der Waals surface area contributed by atoms with E-state index in [1.165, 1.54) is 17.2 Å². The third-order valence-electron chi connectivity index (χ3n) is 3.88. The zero-order chi connectivity index (χ0) is 23.0. The molecule has 17 nitrogen and oxygen atoms in total. The smallest absolute Gasteiger partial charge is 0.390 e. The van der Waals surface area contributed by atoms with Gasteiger partial charge in [-0.3, -0.25) is 9.13 Å². The zero-order valence-corrected chi connectivity index (χ0v) is 18.0. The van der Waals surface area contributed by atoms with Gasteiger partial charge in [-0.15, -0.1) is 0 Å². The molecular formula is C11H18N5O12P3. The fourth-order valence-corrected chi connectivity index (χ4v) is 6.01. The molecule has 7 N–H and O–H groups in total. The van der Waals surface area contributed by atoms with Crippen molar-refractivity contribution in [3.8, 4) is 0 Å². The topological polar surface area (TPSA) is 259 Å². The summed E-state index contributed by atoms with van der Waals surface area (Å²) in [6.45, 7) is -0.426. The molecule has 0 aliphatic carbocycles. The monoisotopic (exact) mass is 505 g/mol. The summed E-state index contributed by atoms with van der Waals surface area (Å²) in [7, 11) is -16.0. The molecule has 174 valence electrons. The van der Waals surface area contributed by atoms with E-state index in [0.29, 0.717) is 11.2 Å². The standard InChI is InChI=1S/C11H18N5O12P3/c12-10-9-11(14-3-13-10)16(4-15-9)8-1-6(17)7(26-8)2-25-5-29(18,19)27-31(23,24)28-30(20,21)22/h3-4,6-8,17H,1-2,5H2,(H,18,19)(H,23,24)(H2,12,13,14)(H2,20,21,22)/t6-,7+,8+/m0/s1. The van der Waals surface area contributed by atoms with Crippen LogP contribution in [0.25, 0.3) is 11.2 Å². The van der Waals surface area contributed by atoms with Crippen LogP contribution in [-0.2, 0) is 31.8 Å². The maximum atomic E-state index is 11.8. The highest BCUT2D eigenvalue weighted by Gasteiger charge is 2.41. The molecule has 1 saturated heterocycles. The van der Waals surface area contributed by atoms with Crippen LogP contribution >= 0.6 is 23.2 Å². The van der Waals surface area contributed by atoms with Gasteiger partial charge in [0.05, 0.1) is 19.0 Å². The molecule has 0 aromatic carbocycles. The molecule has 1 fully saturated rings. The molecule has 2 unspecified atom stereocenters. The summed E-state index contributed by atoms with van der Waals surface area (Å²) in [4.78, 5) is 47.6. The van der Waals surface area contributed by atoms with E-state index in [9.17, 15) is 23.7 Å². The quantitative estimate of drug-likeness (QED) is 0.233. The third kappa shape index (κ3) is 6.35. The van der Waals surface area contributed by atoms with Gasteiger partial charge in [-0.2, -0.15) is 4.31 Å². The Morgan fingerprint density at radius 2 is 1.87 bits per heavy atom. The molecule has 1 aliphatic heterocycles. The number of imidazole rings is 1. The number of phosphoric acid groups is 2. The lowest BCUT2D eigenvalue weighted by molar-refractivity contribution is -0.0563. The number of rotatable bonds is 9. The predicted molar refractivity (Wildman–Crippen MR) is 99.0 cm³/mol. The van der Waals surface area contributed by atoms with E-state index in [1.54, 1.807) is 0 Å². The molecule has 0 amide bonds. The van der Waals surface area contributed by atoms with E-state index in [-0.39, 0.29) is 12.2 Å². The first-order valence-electron chi connectivity index (χ1n) is 8.23. The summed E-state index contributed by atoms with van der Waals surface area (Å²) in [6.07, 6.45) is -1.16. The van der Waals surface area contributed by atoms with Crippen molar-refractivity contribution in [2.75, 3.05) is 18.7 Å². The van der Waals surface area contributed by atoms with E-state index in [1.807, 2.05) is 0 Å². The van der Waals surface area contributed by atoms with Crippen LogP contribution in [0.3, 0.4) is 0 Å². The molecule has 3 rings (SSSR count). The zero-order valence-electron chi connectivity index (χ0n) is 15.3. The number of ether oxygens (including phenoxy) is 2. The van der Waals surface area contributed by atoms with Gasteiger partial charge in [-0.25, -0.2) is 28.4 Å². The molecule has 2 aromatic heterocycles. The number of hydrogen-bond acceptors (Lipinski definition) is 12. The fourth-order valence-electron chi connectivity index (χ4n) is 2.73. The van der Waals surface area contributed by atoms with E-state index < -0.39 is 54.6 Å². The first-order valence-corrected chi connectivity index (χ1v) is 13.0. The van der Waals surface area contributed by atoms with Crippen LogP contribution in [0.5, 0.6) is 0 Å². The second kappa shape index (κ2) is 8.90. The molecule has 20 heteroatoms. The van der Waals surface area contributed by atoms with Gasteiger partial charge in [-0.1, -0.05) is 0 Å². The highest BCUT2D eigenvalue weighted by molar-refractivity contribution is 7.68. The summed E-state index contributed by atoms with van der Waals surface area (Å²) in [5.74, 6) is 0.157. The number of aliphatic hydroxyl groups is 1. The average molecular weight is 505 g/mol. The van der Waals surface area contributed by atoms with Gasteiger partial charge in [0.25, 0.3) is 0 Å². The molecule has 5 atom stereocenters. The van der Waals surface area contributed by atoms with Crippen molar-refractivity contribution in [3.63, 3.8) is 0 Å². The van der Waals surface area contributed by atoms with Gasteiger partial charge in [0.1, 0.15) is 30.5 Å². The minimum Gasteiger partial charge on any atom is -0.390 e.